The van der Waals surface area contributed by atoms with E-state index in [4.69, 9.17) is 18.2 Å². The zero-order valence-electron chi connectivity index (χ0n) is 14.5. The van der Waals surface area contributed by atoms with Crippen molar-refractivity contribution in [1.29, 1.82) is 0 Å². The van der Waals surface area contributed by atoms with E-state index >= 15 is 0 Å². The van der Waals surface area contributed by atoms with Crippen LogP contribution in [0.5, 0.6) is 0 Å². The van der Waals surface area contributed by atoms with Gasteiger partial charge in [0.05, 0.1) is 29.2 Å². The molecule has 3 heterocycles. The van der Waals surface area contributed by atoms with Crippen LogP contribution < -0.4 is 5.46 Å². The molecule has 0 spiro atoms. The maximum atomic E-state index is 6.21. The van der Waals surface area contributed by atoms with E-state index in [9.17, 15) is 0 Å². The first kappa shape index (κ1) is 16.3. The lowest BCUT2D eigenvalue weighted by molar-refractivity contribution is 0.00578. The molecule has 124 valence electrons. The number of aromatic nitrogens is 1. The minimum absolute atomic E-state index is 0.398. The van der Waals surface area contributed by atoms with Crippen LogP contribution >= 0.6 is 0 Å². The van der Waals surface area contributed by atoms with Crippen LogP contribution in [-0.4, -0.2) is 23.5 Å². The molecule has 0 aliphatic carbocycles. The van der Waals surface area contributed by atoms with Crippen LogP contribution in [0.1, 0.15) is 53.2 Å². The molecule has 1 saturated heterocycles. The summed E-state index contributed by atoms with van der Waals surface area (Å²) in [5, 5.41) is 4.26. The summed E-state index contributed by atoms with van der Waals surface area (Å²) in [5.41, 5.74) is 1.71. The molecule has 0 N–H and O–H groups in total. The van der Waals surface area contributed by atoms with E-state index in [2.05, 4.69) is 12.1 Å². The van der Waals surface area contributed by atoms with Crippen molar-refractivity contribution in [1.82, 2.24) is 5.16 Å². The molecular formula is C17H24BNO4. The SMILES string of the molecule is CCCCc1onc(-c2ccoc2)c1B1OC(C)(C)C(C)(C)O1. The fourth-order valence-corrected chi connectivity index (χ4v) is 2.66. The molecule has 0 bridgehead atoms. The molecule has 2 aromatic rings. The molecule has 23 heavy (non-hydrogen) atoms. The summed E-state index contributed by atoms with van der Waals surface area (Å²) in [5.74, 6) is 0.835. The maximum Gasteiger partial charge on any atom is 0.500 e. The molecule has 0 unspecified atom stereocenters. The Balaban J connectivity index is 2.01. The van der Waals surface area contributed by atoms with Crippen molar-refractivity contribution in [3.05, 3.63) is 24.4 Å². The highest BCUT2D eigenvalue weighted by Crippen LogP contribution is 2.37. The lowest BCUT2D eigenvalue weighted by Crippen LogP contribution is -2.41. The van der Waals surface area contributed by atoms with Gasteiger partial charge >= 0.3 is 7.12 Å². The molecule has 1 fully saturated rings. The van der Waals surface area contributed by atoms with E-state index in [-0.39, 0.29) is 0 Å². The number of aryl methyl sites for hydroxylation is 1. The summed E-state index contributed by atoms with van der Waals surface area (Å²) in [6.45, 7) is 10.3. The van der Waals surface area contributed by atoms with Crippen molar-refractivity contribution >= 4 is 12.6 Å². The molecule has 1 aliphatic heterocycles. The average molecular weight is 317 g/mol. The van der Waals surface area contributed by atoms with E-state index in [0.717, 1.165) is 41.7 Å². The minimum atomic E-state index is -0.483. The van der Waals surface area contributed by atoms with Gasteiger partial charge in [-0.25, -0.2) is 0 Å². The quantitative estimate of drug-likeness (QED) is 0.789. The van der Waals surface area contributed by atoms with Gasteiger partial charge in [-0.1, -0.05) is 18.5 Å². The summed E-state index contributed by atoms with van der Waals surface area (Å²) in [7, 11) is -0.483. The molecule has 0 radical (unpaired) electrons. The monoisotopic (exact) mass is 317 g/mol. The van der Waals surface area contributed by atoms with E-state index in [0.29, 0.717) is 0 Å². The van der Waals surface area contributed by atoms with Crippen LogP contribution in [0.4, 0.5) is 0 Å². The van der Waals surface area contributed by atoms with Gasteiger partial charge in [-0.2, -0.15) is 0 Å². The van der Waals surface area contributed by atoms with Gasteiger partial charge < -0.3 is 18.2 Å². The maximum absolute atomic E-state index is 6.21. The molecule has 0 aromatic carbocycles. The summed E-state index contributed by atoms with van der Waals surface area (Å²) in [6, 6.07) is 1.87. The first-order valence-corrected chi connectivity index (χ1v) is 8.22. The van der Waals surface area contributed by atoms with Crippen molar-refractivity contribution in [2.24, 2.45) is 0 Å². The molecule has 2 aromatic heterocycles. The molecule has 0 amide bonds. The molecular weight excluding hydrogens is 293 g/mol. The molecule has 6 heteroatoms. The third kappa shape index (κ3) is 2.86. The van der Waals surface area contributed by atoms with Gasteiger partial charge in [0.2, 0.25) is 0 Å². The number of rotatable bonds is 5. The molecule has 0 atom stereocenters. The highest BCUT2D eigenvalue weighted by atomic mass is 16.7. The number of nitrogens with zero attached hydrogens (tertiary/aromatic N) is 1. The largest absolute Gasteiger partial charge is 0.500 e. The molecule has 0 saturated carbocycles. The van der Waals surface area contributed by atoms with Crippen LogP contribution in [-0.2, 0) is 15.7 Å². The Kier molecular flexibility index (Phi) is 4.15. The topological polar surface area (TPSA) is 57.6 Å². The summed E-state index contributed by atoms with van der Waals surface area (Å²) < 4.78 is 23.2. The lowest BCUT2D eigenvalue weighted by Gasteiger charge is -2.32. The third-order valence-electron chi connectivity index (χ3n) is 4.84. The van der Waals surface area contributed by atoms with Crippen molar-refractivity contribution in [2.75, 3.05) is 0 Å². The van der Waals surface area contributed by atoms with Gasteiger partial charge in [0.15, 0.2) is 0 Å². The second kappa shape index (κ2) is 5.84. The summed E-state index contributed by atoms with van der Waals surface area (Å²) >= 11 is 0. The molecule has 3 rings (SSSR count). The highest BCUT2D eigenvalue weighted by molar-refractivity contribution is 6.64. The summed E-state index contributed by atoms with van der Waals surface area (Å²) in [4.78, 5) is 0. The van der Waals surface area contributed by atoms with Gasteiger partial charge in [-0.3, -0.25) is 0 Å². The van der Waals surface area contributed by atoms with Gasteiger partial charge in [0, 0.05) is 12.0 Å². The van der Waals surface area contributed by atoms with Crippen LogP contribution in [0.25, 0.3) is 11.3 Å². The van der Waals surface area contributed by atoms with E-state index < -0.39 is 18.3 Å². The lowest BCUT2D eigenvalue weighted by atomic mass is 9.75. The zero-order chi connectivity index (χ0) is 16.7. The zero-order valence-corrected chi connectivity index (χ0v) is 14.5. The average Bonchev–Trinajstić information content (AvgIpc) is 3.15. The Labute approximate surface area is 137 Å². The molecule has 1 aliphatic rings. The first-order chi connectivity index (χ1) is 10.9. The van der Waals surface area contributed by atoms with Crippen molar-refractivity contribution in [2.45, 2.75) is 65.1 Å². The van der Waals surface area contributed by atoms with Crippen LogP contribution in [0.15, 0.2) is 27.5 Å². The Morgan fingerprint density at radius 1 is 1.13 bits per heavy atom. The van der Waals surface area contributed by atoms with Crippen LogP contribution in [0.2, 0.25) is 0 Å². The number of hydrogen-bond acceptors (Lipinski definition) is 5. The number of hydrogen-bond donors (Lipinski definition) is 0. The van der Waals surface area contributed by atoms with Crippen LogP contribution in [0.3, 0.4) is 0 Å². The second-order valence-corrected chi connectivity index (χ2v) is 7.07. The fraction of sp³-hybridized carbons (Fsp3) is 0.588. The highest BCUT2D eigenvalue weighted by Gasteiger charge is 2.53. The first-order valence-electron chi connectivity index (χ1n) is 8.22. The van der Waals surface area contributed by atoms with E-state index in [1.807, 2.05) is 33.8 Å². The van der Waals surface area contributed by atoms with Gasteiger partial charge in [0.1, 0.15) is 11.5 Å². The molecule has 5 nitrogen and oxygen atoms in total. The Morgan fingerprint density at radius 3 is 2.39 bits per heavy atom. The predicted octanol–water partition coefficient (Wildman–Crippen LogP) is 3.58. The van der Waals surface area contributed by atoms with Gasteiger partial charge in [0.25, 0.3) is 0 Å². The van der Waals surface area contributed by atoms with Gasteiger partial charge in [-0.05, 0) is 40.2 Å². The van der Waals surface area contributed by atoms with E-state index in [1.54, 1.807) is 12.5 Å². The van der Waals surface area contributed by atoms with E-state index in [1.165, 1.54) is 0 Å². The standard InChI is InChI=1S/C17H24BNO4/c1-6-7-8-13-14(15(19-21-13)12-9-10-20-11-12)18-22-16(2,3)17(4,5)23-18/h9-11H,6-8H2,1-5H3. The normalized spacial score (nSPS) is 19.4. The predicted molar refractivity (Wildman–Crippen MR) is 88.5 cm³/mol. The minimum Gasteiger partial charge on any atom is -0.472 e. The Morgan fingerprint density at radius 2 is 1.83 bits per heavy atom. The van der Waals surface area contributed by atoms with Crippen molar-refractivity contribution < 1.29 is 18.2 Å². The van der Waals surface area contributed by atoms with Gasteiger partial charge in [-0.15, -0.1) is 0 Å². The number of furan rings is 1. The van der Waals surface area contributed by atoms with Crippen molar-refractivity contribution in [3.63, 3.8) is 0 Å². The number of unbranched alkanes of at least 4 members (excludes halogenated alkanes) is 1. The fourth-order valence-electron chi connectivity index (χ4n) is 2.66. The Hall–Kier alpha value is -1.53. The van der Waals surface area contributed by atoms with Crippen molar-refractivity contribution in [3.8, 4) is 11.3 Å². The summed E-state index contributed by atoms with van der Waals surface area (Å²) in [6.07, 6.45) is 6.23. The van der Waals surface area contributed by atoms with Crippen LogP contribution in [0, 0.1) is 0 Å². The third-order valence-corrected chi connectivity index (χ3v) is 4.84. The smallest absolute Gasteiger partial charge is 0.472 e. The Bertz CT molecular complexity index is 644. The second-order valence-electron chi connectivity index (χ2n) is 7.07.